The van der Waals surface area contributed by atoms with E-state index in [1.165, 1.54) is 0 Å². The molecule has 17 heavy (non-hydrogen) atoms. The van der Waals surface area contributed by atoms with Crippen molar-refractivity contribution >= 4 is 50.5 Å². The Balaban J connectivity index is 2.58. The molecule has 2 nitrogen and oxygen atoms in total. The van der Waals surface area contributed by atoms with Crippen molar-refractivity contribution in [3.05, 3.63) is 27.7 Å². The Morgan fingerprint density at radius 1 is 1.41 bits per heavy atom. The second kappa shape index (κ2) is 7.19. The van der Waals surface area contributed by atoms with Gasteiger partial charge in [-0.2, -0.15) is 0 Å². The summed E-state index contributed by atoms with van der Waals surface area (Å²) >= 11 is 14.6. The molecule has 0 saturated carbocycles. The summed E-state index contributed by atoms with van der Waals surface area (Å²) in [4.78, 5) is 0. The number of thiocarbonyl (C=S) groups is 1. The number of anilines is 1. The molecule has 1 aromatic rings. The average molecular weight is 336 g/mol. The third-order valence-electron chi connectivity index (χ3n) is 2.50. The highest BCUT2D eigenvalue weighted by Gasteiger charge is 2.06. The zero-order valence-electron chi connectivity index (χ0n) is 9.89. The highest BCUT2D eigenvalue weighted by Crippen LogP contribution is 2.25. The Hall–Kier alpha value is -0.320. The molecule has 0 unspecified atom stereocenters. The van der Waals surface area contributed by atoms with Crippen molar-refractivity contribution in [2.75, 3.05) is 5.32 Å². The molecular weight excluding hydrogens is 320 g/mol. The summed E-state index contributed by atoms with van der Waals surface area (Å²) < 4.78 is 0.878. The van der Waals surface area contributed by atoms with Gasteiger partial charge >= 0.3 is 0 Å². The molecule has 0 aromatic heterocycles. The van der Waals surface area contributed by atoms with Gasteiger partial charge in [-0.05, 0) is 59.2 Å². The van der Waals surface area contributed by atoms with E-state index < -0.39 is 0 Å². The van der Waals surface area contributed by atoms with Crippen LogP contribution < -0.4 is 10.6 Å². The Kier molecular flexibility index (Phi) is 6.23. The van der Waals surface area contributed by atoms with Crippen LogP contribution in [0.15, 0.2) is 22.7 Å². The molecule has 0 aliphatic rings. The summed E-state index contributed by atoms with van der Waals surface area (Å²) in [6.45, 7) is 4.28. The van der Waals surface area contributed by atoms with Crippen LogP contribution in [-0.2, 0) is 0 Å². The zero-order valence-corrected chi connectivity index (χ0v) is 13.0. The minimum Gasteiger partial charge on any atom is -0.360 e. The predicted octanol–water partition coefficient (Wildman–Crippen LogP) is 4.58. The molecule has 2 N–H and O–H groups in total. The van der Waals surface area contributed by atoms with Crippen molar-refractivity contribution in [2.45, 2.75) is 32.7 Å². The van der Waals surface area contributed by atoms with E-state index in [0.29, 0.717) is 16.2 Å². The van der Waals surface area contributed by atoms with Gasteiger partial charge in [-0.15, -0.1) is 0 Å². The first-order valence-electron chi connectivity index (χ1n) is 5.59. The number of rotatable bonds is 4. The predicted molar refractivity (Wildman–Crippen MR) is 82.9 cm³/mol. The topological polar surface area (TPSA) is 24.1 Å². The summed E-state index contributed by atoms with van der Waals surface area (Å²) in [5, 5.41) is 7.69. The second-order valence-corrected chi connectivity index (χ2v) is 5.41. The van der Waals surface area contributed by atoms with Gasteiger partial charge in [0.15, 0.2) is 5.11 Å². The maximum atomic E-state index is 6.01. The zero-order chi connectivity index (χ0) is 12.8. The molecular formula is C12H16BrClN2S. The molecule has 0 saturated heterocycles. The SMILES string of the molecule is CCC(CC)NC(=S)Nc1ccc(Br)c(Cl)c1. The minimum atomic E-state index is 0.418. The van der Waals surface area contributed by atoms with Gasteiger partial charge in [0.1, 0.15) is 0 Å². The average Bonchev–Trinajstić information content (AvgIpc) is 2.31. The van der Waals surface area contributed by atoms with Crippen molar-refractivity contribution in [3.8, 4) is 0 Å². The number of hydrogen-bond acceptors (Lipinski definition) is 1. The Labute approximate surface area is 121 Å². The molecule has 0 radical (unpaired) electrons. The van der Waals surface area contributed by atoms with Gasteiger partial charge in [-0.3, -0.25) is 0 Å². The van der Waals surface area contributed by atoms with Gasteiger partial charge in [0.2, 0.25) is 0 Å². The number of hydrogen-bond donors (Lipinski definition) is 2. The lowest BCUT2D eigenvalue weighted by molar-refractivity contribution is 0.573. The lowest BCUT2D eigenvalue weighted by Gasteiger charge is -2.18. The standard InChI is InChI=1S/C12H16BrClN2S/c1-3-8(4-2)15-12(17)16-9-5-6-10(13)11(14)7-9/h5-8H,3-4H2,1-2H3,(H2,15,16,17). The van der Waals surface area contributed by atoms with Gasteiger partial charge in [0, 0.05) is 16.2 Å². The minimum absolute atomic E-state index is 0.418. The highest BCUT2D eigenvalue weighted by molar-refractivity contribution is 9.10. The smallest absolute Gasteiger partial charge is 0.170 e. The summed E-state index contributed by atoms with van der Waals surface area (Å²) in [6, 6.07) is 6.08. The van der Waals surface area contributed by atoms with Crippen molar-refractivity contribution in [3.63, 3.8) is 0 Å². The summed E-state index contributed by atoms with van der Waals surface area (Å²) in [5.41, 5.74) is 0.890. The molecule has 0 spiro atoms. The van der Waals surface area contributed by atoms with Crippen LogP contribution in [0.25, 0.3) is 0 Å². The van der Waals surface area contributed by atoms with E-state index in [9.17, 15) is 0 Å². The molecule has 1 rings (SSSR count). The highest BCUT2D eigenvalue weighted by atomic mass is 79.9. The maximum absolute atomic E-state index is 6.01. The first kappa shape index (κ1) is 14.7. The molecule has 0 atom stereocenters. The van der Waals surface area contributed by atoms with Crippen LogP contribution in [0.4, 0.5) is 5.69 Å². The molecule has 0 aliphatic carbocycles. The lowest BCUT2D eigenvalue weighted by atomic mass is 10.2. The molecule has 0 heterocycles. The fraction of sp³-hybridized carbons (Fsp3) is 0.417. The van der Waals surface area contributed by atoms with E-state index in [1.807, 2.05) is 18.2 Å². The van der Waals surface area contributed by atoms with E-state index in [4.69, 9.17) is 23.8 Å². The third-order valence-corrected chi connectivity index (χ3v) is 3.95. The van der Waals surface area contributed by atoms with Gasteiger partial charge < -0.3 is 10.6 Å². The van der Waals surface area contributed by atoms with E-state index in [0.717, 1.165) is 23.0 Å². The largest absolute Gasteiger partial charge is 0.360 e. The number of halogens is 2. The van der Waals surface area contributed by atoms with Gasteiger partial charge in [-0.1, -0.05) is 25.4 Å². The third kappa shape index (κ3) is 4.82. The van der Waals surface area contributed by atoms with Crippen LogP contribution in [0.2, 0.25) is 5.02 Å². The number of nitrogens with one attached hydrogen (secondary N) is 2. The molecule has 1 aromatic carbocycles. The van der Waals surface area contributed by atoms with E-state index in [1.54, 1.807) is 0 Å². The van der Waals surface area contributed by atoms with Crippen molar-refractivity contribution < 1.29 is 0 Å². The van der Waals surface area contributed by atoms with Crippen LogP contribution in [0, 0.1) is 0 Å². The van der Waals surface area contributed by atoms with Crippen LogP contribution >= 0.6 is 39.7 Å². The summed E-state index contributed by atoms with van der Waals surface area (Å²) in [7, 11) is 0. The Morgan fingerprint density at radius 2 is 2.06 bits per heavy atom. The first-order valence-corrected chi connectivity index (χ1v) is 7.17. The molecule has 0 amide bonds. The summed E-state index contributed by atoms with van der Waals surface area (Å²) in [5.74, 6) is 0. The van der Waals surface area contributed by atoms with Crippen LogP contribution in [0.1, 0.15) is 26.7 Å². The molecule has 94 valence electrons. The van der Waals surface area contributed by atoms with E-state index in [-0.39, 0.29) is 0 Å². The summed E-state index contributed by atoms with van der Waals surface area (Å²) in [6.07, 6.45) is 2.11. The van der Waals surface area contributed by atoms with Crippen molar-refractivity contribution in [1.29, 1.82) is 0 Å². The lowest BCUT2D eigenvalue weighted by Crippen LogP contribution is -2.36. The second-order valence-electron chi connectivity index (χ2n) is 3.74. The number of benzene rings is 1. The van der Waals surface area contributed by atoms with E-state index >= 15 is 0 Å². The van der Waals surface area contributed by atoms with Crippen LogP contribution in [0.5, 0.6) is 0 Å². The molecule has 0 aliphatic heterocycles. The fourth-order valence-corrected chi connectivity index (χ4v) is 2.13. The molecule has 0 bridgehead atoms. The quantitative estimate of drug-likeness (QED) is 0.788. The Bertz CT molecular complexity index is 394. The van der Waals surface area contributed by atoms with Gasteiger partial charge in [0.25, 0.3) is 0 Å². The maximum Gasteiger partial charge on any atom is 0.170 e. The Morgan fingerprint density at radius 3 is 2.59 bits per heavy atom. The normalized spacial score (nSPS) is 10.4. The van der Waals surface area contributed by atoms with Crippen LogP contribution in [-0.4, -0.2) is 11.2 Å². The van der Waals surface area contributed by atoms with Gasteiger partial charge in [-0.25, -0.2) is 0 Å². The molecule has 5 heteroatoms. The van der Waals surface area contributed by atoms with Gasteiger partial charge in [0.05, 0.1) is 5.02 Å². The van der Waals surface area contributed by atoms with Crippen molar-refractivity contribution in [1.82, 2.24) is 5.32 Å². The fourth-order valence-electron chi connectivity index (χ4n) is 1.42. The molecule has 0 fully saturated rings. The van der Waals surface area contributed by atoms with E-state index in [2.05, 4.69) is 40.4 Å². The first-order chi connectivity index (χ1) is 8.06. The van der Waals surface area contributed by atoms with Crippen LogP contribution in [0.3, 0.4) is 0 Å². The van der Waals surface area contributed by atoms with Crippen molar-refractivity contribution in [2.24, 2.45) is 0 Å². The monoisotopic (exact) mass is 334 g/mol.